The van der Waals surface area contributed by atoms with Crippen LogP contribution >= 0.6 is 7.82 Å². The Morgan fingerprint density at radius 1 is 0.632 bits per heavy atom. The van der Waals surface area contributed by atoms with E-state index >= 15 is 0 Å². The fraction of sp³-hybridized carbons (Fsp3) is 0.750. The van der Waals surface area contributed by atoms with Crippen LogP contribution < -0.4 is 5.73 Å². The molecule has 0 rings (SSSR count). The molecule has 0 aliphatic carbocycles. The van der Waals surface area contributed by atoms with Crippen molar-refractivity contribution in [3.8, 4) is 0 Å². The molecular weight excluding hydrogens is 749 g/mol. The van der Waals surface area contributed by atoms with Crippen molar-refractivity contribution in [2.75, 3.05) is 19.8 Å². The Morgan fingerprint density at radius 2 is 1.16 bits per heavy atom. The molecule has 0 aromatic rings. The molecule has 330 valence electrons. The molecule has 2 unspecified atom stereocenters. The van der Waals surface area contributed by atoms with Crippen LogP contribution in [0.25, 0.3) is 0 Å². The number of unbranched alkanes of at least 4 members (excludes halogenated alkanes) is 18. The van der Waals surface area contributed by atoms with Gasteiger partial charge in [0.15, 0.2) is 6.10 Å². The van der Waals surface area contributed by atoms with Gasteiger partial charge in [0, 0.05) is 12.8 Å². The number of aliphatic hydroxyl groups is 1. The van der Waals surface area contributed by atoms with Gasteiger partial charge < -0.3 is 30.3 Å². The number of hydrogen-bond acceptors (Lipinski definition) is 10. The Bertz CT molecular complexity index is 1170. The third-order valence-electron chi connectivity index (χ3n) is 9.16. The predicted octanol–water partition coefficient (Wildman–Crippen LogP) is 10.4. The van der Waals surface area contributed by atoms with Gasteiger partial charge in [0.05, 0.1) is 19.3 Å². The Morgan fingerprint density at radius 3 is 1.77 bits per heavy atom. The second-order valence-corrected chi connectivity index (χ2v) is 16.1. The van der Waals surface area contributed by atoms with Crippen LogP contribution in [-0.2, 0) is 37.5 Å². The smallest absolute Gasteiger partial charge is 0.472 e. The standard InChI is InChI=1S/C44H78NO11P/c1-3-5-7-9-11-13-14-15-16-17-18-20-22-26-30-34-42(47)53-36-40(37-54-57(51,52)55-38-41(45)44(49)50)56-43(48)35-31-27-23-25-29-33-39(46)32-28-24-21-19-12-10-8-6-4-2/h12,19,23-25,28-29,33,39-41,46H,3-11,13-18,20-22,26-27,30-32,34-38,45H2,1-2H3,(H,49,50)(H,51,52)/b19-12-,25-23+,28-24-,33-29-/t39?,40-,41+/m1/s1. The molecule has 0 spiro atoms. The van der Waals surface area contributed by atoms with E-state index < -0.39 is 63.8 Å². The van der Waals surface area contributed by atoms with E-state index in [9.17, 15) is 28.9 Å². The number of ether oxygens (including phenoxy) is 2. The second-order valence-electron chi connectivity index (χ2n) is 14.7. The van der Waals surface area contributed by atoms with Gasteiger partial charge in [-0.15, -0.1) is 0 Å². The molecule has 0 saturated heterocycles. The largest absolute Gasteiger partial charge is 0.480 e. The molecule has 5 N–H and O–H groups in total. The molecule has 0 heterocycles. The number of rotatable bonds is 40. The zero-order valence-corrected chi connectivity index (χ0v) is 36.2. The number of nitrogens with two attached hydrogens (primary N) is 1. The molecule has 0 aromatic heterocycles. The van der Waals surface area contributed by atoms with Gasteiger partial charge in [-0.3, -0.25) is 23.4 Å². The molecule has 0 aromatic carbocycles. The normalized spacial score (nSPS) is 14.8. The highest BCUT2D eigenvalue weighted by atomic mass is 31.2. The van der Waals surface area contributed by atoms with Crippen molar-refractivity contribution < 1.29 is 52.6 Å². The first-order valence-corrected chi connectivity index (χ1v) is 23.3. The fourth-order valence-corrected chi connectivity index (χ4v) is 6.44. The van der Waals surface area contributed by atoms with E-state index in [0.29, 0.717) is 25.7 Å². The molecule has 4 atom stereocenters. The van der Waals surface area contributed by atoms with Crippen LogP contribution in [0.3, 0.4) is 0 Å². The minimum atomic E-state index is -4.75. The van der Waals surface area contributed by atoms with Crippen LogP contribution in [0.2, 0.25) is 0 Å². The van der Waals surface area contributed by atoms with Crippen LogP contribution in [0.5, 0.6) is 0 Å². The lowest BCUT2D eigenvalue weighted by Crippen LogP contribution is -2.34. The van der Waals surface area contributed by atoms with E-state index in [0.717, 1.165) is 32.1 Å². The van der Waals surface area contributed by atoms with Crippen molar-refractivity contribution in [2.24, 2.45) is 5.73 Å². The fourth-order valence-electron chi connectivity index (χ4n) is 5.67. The molecule has 0 radical (unpaired) electrons. The first-order chi connectivity index (χ1) is 27.5. The topological polar surface area (TPSA) is 192 Å². The molecular formula is C44H78NO11P. The summed E-state index contributed by atoms with van der Waals surface area (Å²) in [5, 5.41) is 19.0. The highest BCUT2D eigenvalue weighted by Gasteiger charge is 2.28. The van der Waals surface area contributed by atoms with Gasteiger partial charge in [-0.1, -0.05) is 165 Å². The van der Waals surface area contributed by atoms with Gasteiger partial charge in [0.2, 0.25) is 0 Å². The number of phosphoric ester groups is 1. The summed E-state index contributed by atoms with van der Waals surface area (Å²) < 4.78 is 32.6. The molecule has 0 aliphatic rings. The number of carboxylic acids is 1. The molecule has 12 nitrogen and oxygen atoms in total. The van der Waals surface area contributed by atoms with E-state index in [1.807, 2.05) is 18.2 Å². The zero-order valence-electron chi connectivity index (χ0n) is 35.3. The van der Waals surface area contributed by atoms with Crippen LogP contribution in [0.15, 0.2) is 48.6 Å². The maximum atomic E-state index is 12.6. The van der Waals surface area contributed by atoms with Crippen molar-refractivity contribution in [1.29, 1.82) is 0 Å². The summed E-state index contributed by atoms with van der Waals surface area (Å²) in [5.41, 5.74) is 5.32. The Balaban J connectivity index is 4.55. The average Bonchev–Trinajstić information content (AvgIpc) is 3.18. The number of allylic oxidation sites excluding steroid dienone is 6. The van der Waals surface area contributed by atoms with Gasteiger partial charge >= 0.3 is 25.7 Å². The SMILES string of the molecule is CCCCC/C=C\C/C=C\CC(O)/C=C\C=C\CCCC(=O)O[C@H](COC(=O)CCCCCCCCCCCCCCCCC)COP(=O)(O)OC[C@H](N)C(=O)O. The maximum absolute atomic E-state index is 12.6. The number of aliphatic carboxylic acids is 1. The predicted molar refractivity (Wildman–Crippen MR) is 228 cm³/mol. The summed E-state index contributed by atoms with van der Waals surface area (Å²) in [6, 6.07) is -1.54. The monoisotopic (exact) mass is 828 g/mol. The first kappa shape index (κ1) is 54.4. The number of carboxylic acid groups (broad SMARTS) is 1. The molecule has 0 saturated carbocycles. The van der Waals surface area contributed by atoms with Crippen molar-refractivity contribution >= 4 is 25.7 Å². The summed E-state index contributed by atoms with van der Waals surface area (Å²) >= 11 is 0. The Hall–Kier alpha value is -2.60. The van der Waals surface area contributed by atoms with Crippen molar-refractivity contribution in [3.63, 3.8) is 0 Å². The molecule has 0 aliphatic heterocycles. The van der Waals surface area contributed by atoms with E-state index in [4.69, 9.17) is 24.8 Å². The lowest BCUT2D eigenvalue weighted by Gasteiger charge is -2.20. The number of phosphoric acid groups is 1. The lowest BCUT2D eigenvalue weighted by atomic mass is 10.0. The Kier molecular flexibility index (Phi) is 37.1. The maximum Gasteiger partial charge on any atom is 0.472 e. The van der Waals surface area contributed by atoms with Crippen molar-refractivity contribution in [1.82, 2.24) is 0 Å². The number of carbonyl (C=O) groups excluding carboxylic acids is 2. The molecule has 13 heteroatoms. The summed E-state index contributed by atoms with van der Waals surface area (Å²) in [7, 11) is -4.75. The highest BCUT2D eigenvalue weighted by molar-refractivity contribution is 7.47. The first-order valence-electron chi connectivity index (χ1n) is 21.8. The quantitative estimate of drug-likeness (QED) is 0.0150. The van der Waals surface area contributed by atoms with Crippen molar-refractivity contribution in [3.05, 3.63) is 48.6 Å². The minimum absolute atomic E-state index is 0.0266. The molecule has 0 amide bonds. The van der Waals surface area contributed by atoms with Crippen LogP contribution in [0.1, 0.15) is 174 Å². The third kappa shape index (κ3) is 38.7. The second kappa shape index (κ2) is 38.9. The number of aliphatic hydroxyl groups excluding tert-OH is 1. The number of carbonyl (C=O) groups is 3. The molecule has 0 bridgehead atoms. The Labute approximate surface area is 344 Å². The van der Waals surface area contributed by atoms with E-state index in [-0.39, 0.29) is 12.8 Å². The summed E-state index contributed by atoms with van der Waals surface area (Å²) in [6.07, 6.45) is 39.2. The lowest BCUT2D eigenvalue weighted by molar-refractivity contribution is -0.161. The summed E-state index contributed by atoms with van der Waals surface area (Å²) in [6.45, 7) is 2.63. The number of hydrogen-bond donors (Lipinski definition) is 4. The molecule has 57 heavy (non-hydrogen) atoms. The van der Waals surface area contributed by atoms with E-state index in [1.165, 1.54) is 89.9 Å². The van der Waals surface area contributed by atoms with Gasteiger partial charge in [-0.25, -0.2) is 4.57 Å². The summed E-state index contributed by atoms with van der Waals surface area (Å²) in [4.78, 5) is 45.9. The van der Waals surface area contributed by atoms with Gasteiger partial charge in [-0.2, -0.15) is 0 Å². The van der Waals surface area contributed by atoms with Crippen LogP contribution in [-0.4, -0.2) is 71.1 Å². The van der Waals surface area contributed by atoms with Gasteiger partial charge in [0.25, 0.3) is 0 Å². The zero-order chi connectivity index (χ0) is 42.2. The minimum Gasteiger partial charge on any atom is -0.480 e. The average molecular weight is 828 g/mol. The van der Waals surface area contributed by atoms with E-state index in [2.05, 4.69) is 30.5 Å². The number of esters is 2. The van der Waals surface area contributed by atoms with Crippen LogP contribution in [0, 0.1) is 0 Å². The van der Waals surface area contributed by atoms with E-state index in [1.54, 1.807) is 18.2 Å². The third-order valence-corrected chi connectivity index (χ3v) is 10.1. The highest BCUT2D eigenvalue weighted by Crippen LogP contribution is 2.43. The molecule has 0 fully saturated rings. The van der Waals surface area contributed by atoms with Gasteiger partial charge in [-0.05, 0) is 44.9 Å². The summed E-state index contributed by atoms with van der Waals surface area (Å²) in [5.74, 6) is -2.53. The van der Waals surface area contributed by atoms with Crippen LogP contribution in [0.4, 0.5) is 0 Å². The van der Waals surface area contributed by atoms with Crippen molar-refractivity contribution in [2.45, 2.75) is 193 Å². The van der Waals surface area contributed by atoms with Gasteiger partial charge in [0.1, 0.15) is 12.6 Å².